The van der Waals surface area contributed by atoms with Crippen LogP contribution in [0.2, 0.25) is 0 Å². The molecule has 2 rings (SSSR count). The molecule has 5 heteroatoms. The molecule has 1 aromatic heterocycles. The molecule has 0 atom stereocenters. The van der Waals surface area contributed by atoms with E-state index in [1.54, 1.807) is 0 Å². The Hall–Kier alpha value is -2.01. The van der Waals surface area contributed by atoms with E-state index in [2.05, 4.69) is 28.5 Å². The fourth-order valence-corrected chi connectivity index (χ4v) is 1.96. The molecule has 21 heavy (non-hydrogen) atoms. The minimum absolute atomic E-state index is 0.473. The molecule has 2 aromatic rings. The van der Waals surface area contributed by atoms with Gasteiger partial charge in [-0.1, -0.05) is 25.1 Å². The number of ether oxygens (including phenoxy) is 2. The maximum absolute atomic E-state index is 5.79. The molecule has 0 bridgehead atoms. The Labute approximate surface area is 125 Å². The summed E-state index contributed by atoms with van der Waals surface area (Å²) in [6.45, 7) is 6.90. The molecule has 0 aliphatic carbocycles. The van der Waals surface area contributed by atoms with Crippen LogP contribution in [0.1, 0.15) is 24.6 Å². The number of para-hydroxylation sites is 1. The summed E-state index contributed by atoms with van der Waals surface area (Å²) in [7, 11) is 0. The van der Waals surface area contributed by atoms with Gasteiger partial charge in [-0.3, -0.25) is 5.10 Å². The average Bonchev–Trinajstić information content (AvgIpc) is 2.91. The smallest absolute Gasteiger partial charge is 0.232 e. The summed E-state index contributed by atoms with van der Waals surface area (Å²) in [6.07, 6.45) is 1.12. The Balaban J connectivity index is 1.77. The summed E-state index contributed by atoms with van der Waals surface area (Å²) in [6, 6.07) is 9.94. The number of aromatic amines is 1. The van der Waals surface area contributed by atoms with Crippen LogP contribution in [-0.2, 0) is 6.54 Å². The van der Waals surface area contributed by atoms with Crippen molar-refractivity contribution in [3.8, 4) is 11.6 Å². The molecule has 0 amide bonds. The molecule has 0 radical (unpaired) electrons. The van der Waals surface area contributed by atoms with Gasteiger partial charge >= 0.3 is 0 Å². The predicted octanol–water partition coefficient (Wildman–Crippen LogP) is 2.68. The lowest BCUT2D eigenvalue weighted by Gasteiger charge is -2.12. The number of benzene rings is 1. The Morgan fingerprint density at radius 2 is 2.00 bits per heavy atom. The van der Waals surface area contributed by atoms with Crippen LogP contribution >= 0.6 is 0 Å². The number of rotatable bonds is 9. The van der Waals surface area contributed by atoms with Gasteiger partial charge in [0.1, 0.15) is 19.0 Å². The Morgan fingerprint density at radius 3 is 2.76 bits per heavy atom. The summed E-state index contributed by atoms with van der Waals surface area (Å²) in [5.41, 5.74) is 2.15. The van der Waals surface area contributed by atoms with Crippen molar-refractivity contribution in [2.45, 2.75) is 26.8 Å². The summed E-state index contributed by atoms with van der Waals surface area (Å²) in [4.78, 5) is 0. The highest BCUT2D eigenvalue weighted by Gasteiger charge is 2.03. The van der Waals surface area contributed by atoms with Crippen molar-refractivity contribution in [1.29, 1.82) is 0 Å². The maximum Gasteiger partial charge on any atom is 0.232 e. The van der Waals surface area contributed by atoms with E-state index in [9.17, 15) is 0 Å². The van der Waals surface area contributed by atoms with Crippen LogP contribution < -0.4 is 14.8 Å². The molecule has 0 saturated carbocycles. The standard InChI is InChI=1S/C16H23N3O2/c1-3-8-17-12-14-6-4-5-7-15(14)20-9-10-21-16-11-13(2)18-19-16/h4-7,11,17H,3,8-10,12H2,1-2H3,(H,18,19). The number of nitrogens with one attached hydrogen (secondary N) is 2. The third kappa shape index (κ3) is 5.11. The molecule has 0 aliphatic rings. The molecule has 5 nitrogen and oxygen atoms in total. The molecule has 0 unspecified atom stereocenters. The van der Waals surface area contributed by atoms with Crippen molar-refractivity contribution in [2.24, 2.45) is 0 Å². The highest BCUT2D eigenvalue weighted by molar-refractivity contribution is 5.33. The third-order valence-electron chi connectivity index (χ3n) is 2.99. The molecule has 0 spiro atoms. The average molecular weight is 289 g/mol. The molecule has 114 valence electrons. The molecule has 0 aliphatic heterocycles. The first-order chi connectivity index (χ1) is 10.3. The van der Waals surface area contributed by atoms with Crippen LogP contribution in [0, 0.1) is 6.92 Å². The summed E-state index contributed by atoms with van der Waals surface area (Å²) in [5.74, 6) is 1.51. The zero-order valence-electron chi connectivity index (χ0n) is 12.7. The topological polar surface area (TPSA) is 59.2 Å². The van der Waals surface area contributed by atoms with E-state index < -0.39 is 0 Å². The highest BCUT2D eigenvalue weighted by atomic mass is 16.5. The molecular formula is C16H23N3O2. The van der Waals surface area contributed by atoms with Crippen LogP contribution in [0.4, 0.5) is 0 Å². The zero-order valence-corrected chi connectivity index (χ0v) is 12.7. The maximum atomic E-state index is 5.79. The van der Waals surface area contributed by atoms with Crippen LogP contribution in [0.25, 0.3) is 0 Å². The predicted molar refractivity (Wildman–Crippen MR) is 82.8 cm³/mol. The molecule has 2 N–H and O–H groups in total. The van der Waals surface area contributed by atoms with Crippen LogP contribution in [0.15, 0.2) is 30.3 Å². The van der Waals surface area contributed by atoms with Crippen LogP contribution in [0.3, 0.4) is 0 Å². The van der Waals surface area contributed by atoms with E-state index in [1.165, 1.54) is 5.56 Å². The van der Waals surface area contributed by atoms with E-state index in [-0.39, 0.29) is 0 Å². The third-order valence-corrected chi connectivity index (χ3v) is 2.99. The molecule has 1 aromatic carbocycles. The van der Waals surface area contributed by atoms with Crippen molar-refractivity contribution in [1.82, 2.24) is 15.5 Å². The van der Waals surface area contributed by atoms with Crippen molar-refractivity contribution in [3.63, 3.8) is 0 Å². The summed E-state index contributed by atoms with van der Waals surface area (Å²) < 4.78 is 11.3. The van der Waals surface area contributed by atoms with Crippen LogP contribution in [0.5, 0.6) is 11.6 Å². The van der Waals surface area contributed by atoms with Crippen molar-refractivity contribution in [2.75, 3.05) is 19.8 Å². The highest BCUT2D eigenvalue weighted by Crippen LogP contribution is 2.17. The fourth-order valence-electron chi connectivity index (χ4n) is 1.96. The molecule has 0 saturated heterocycles. The molecular weight excluding hydrogens is 266 g/mol. The van der Waals surface area contributed by atoms with Gasteiger partial charge in [-0.05, 0) is 26.0 Å². The minimum atomic E-state index is 0.473. The first-order valence-corrected chi connectivity index (χ1v) is 7.36. The van der Waals surface area contributed by atoms with Gasteiger partial charge in [0.25, 0.3) is 0 Å². The van der Waals surface area contributed by atoms with Gasteiger partial charge in [-0.25, -0.2) is 0 Å². The number of hydrogen-bond donors (Lipinski definition) is 2. The lowest BCUT2D eigenvalue weighted by atomic mass is 10.2. The number of hydrogen-bond acceptors (Lipinski definition) is 4. The van der Waals surface area contributed by atoms with Gasteiger partial charge in [0, 0.05) is 23.9 Å². The number of aromatic nitrogens is 2. The minimum Gasteiger partial charge on any atom is -0.490 e. The quantitative estimate of drug-likeness (QED) is 0.697. The Kier molecular flexibility index (Phi) is 6.09. The van der Waals surface area contributed by atoms with Gasteiger partial charge < -0.3 is 14.8 Å². The normalized spacial score (nSPS) is 10.6. The van der Waals surface area contributed by atoms with Gasteiger partial charge in [-0.15, -0.1) is 5.10 Å². The number of H-pyrrole nitrogens is 1. The van der Waals surface area contributed by atoms with Crippen LogP contribution in [-0.4, -0.2) is 30.0 Å². The Bertz CT molecular complexity index is 540. The monoisotopic (exact) mass is 289 g/mol. The second kappa shape index (κ2) is 8.32. The van der Waals surface area contributed by atoms with E-state index in [1.807, 2.05) is 31.2 Å². The zero-order chi connectivity index (χ0) is 14.9. The van der Waals surface area contributed by atoms with E-state index in [4.69, 9.17) is 9.47 Å². The van der Waals surface area contributed by atoms with Crippen molar-refractivity contribution < 1.29 is 9.47 Å². The summed E-state index contributed by atoms with van der Waals surface area (Å²) in [5, 5.41) is 10.2. The second-order valence-electron chi connectivity index (χ2n) is 4.87. The Morgan fingerprint density at radius 1 is 1.19 bits per heavy atom. The first kappa shape index (κ1) is 15.4. The van der Waals surface area contributed by atoms with Gasteiger partial charge in [0.05, 0.1) is 0 Å². The largest absolute Gasteiger partial charge is 0.490 e. The number of nitrogens with zero attached hydrogens (tertiary/aromatic N) is 1. The lowest BCUT2D eigenvalue weighted by molar-refractivity contribution is 0.210. The van der Waals surface area contributed by atoms with Gasteiger partial charge in [-0.2, -0.15) is 0 Å². The fraction of sp³-hybridized carbons (Fsp3) is 0.438. The van der Waals surface area contributed by atoms with Crippen molar-refractivity contribution >= 4 is 0 Å². The van der Waals surface area contributed by atoms with E-state index in [0.717, 1.165) is 31.0 Å². The van der Waals surface area contributed by atoms with Gasteiger partial charge in [0.2, 0.25) is 5.88 Å². The molecule has 1 heterocycles. The van der Waals surface area contributed by atoms with E-state index >= 15 is 0 Å². The molecule has 0 fully saturated rings. The number of aryl methyl sites for hydroxylation is 1. The van der Waals surface area contributed by atoms with Gasteiger partial charge in [0.15, 0.2) is 0 Å². The van der Waals surface area contributed by atoms with Crippen molar-refractivity contribution in [3.05, 3.63) is 41.6 Å². The summed E-state index contributed by atoms with van der Waals surface area (Å²) >= 11 is 0. The first-order valence-electron chi connectivity index (χ1n) is 7.36. The lowest BCUT2D eigenvalue weighted by Crippen LogP contribution is -2.15. The van der Waals surface area contributed by atoms with E-state index in [0.29, 0.717) is 19.1 Å². The SMILES string of the molecule is CCCNCc1ccccc1OCCOc1cc(C)[nH]n1. The second-order valence-corrected chi connectivity index (χ2v) is 4.87.